The molecule has 0 saturated heterocycles. The van der Waals surface area contributed by atoms with Gasteiger partial charge in [-0.25, -0.2) is 0 Å². The molecule has 6 heteroatoms. The third-order valence-corrected chi connectivity index (χ3v) is 3.73. The average Bonchev–Trinajstić information content (AvgIpc) is 2.76. The molecule has 1 heterocycles. The fourth-order valence-corrected chi connectivity index (χ4v) is 2.72. The number of aryl methyl sites for hydroxylation is 1. The molecule has 1 aromatic heterocycles. The van der Waals surface area contributed by atoms with Crippen LogP contribution in [0.5, 0.6) is 0 Å². The van der Waals surface area contributed by atoms with E-state index in [1.54, 1.807) is 7.11 Å². The molecule has 0 aliphatic heterocycles. The number of ether oxygens (including phenoxy) is 1. The first kappa shape index (κ1) is 14.5. The minimum absolute atomic E-state index is 0.117. The lowest BCUT2D eigenvalue weighted by atomic mass is 9.96. The molecule has 17 heavy (non-hydrogen) atoms. The van der Waals surface area contributed by atoms with Gasteiger partial charge in [-0.2, -0.15) is 0 Å². The quantitative estimate of drug-likeness (QED) is 0.548. The number of aromatic nitrogens is 2. The molecule has 0 fully saturated rings. The first-order valence-corrected chi connectivity index (χ1v) is 6.78. The number of hydrazine groups is 1. The molecule has 3 N–H and O–H groups in total. The number of nitrogens with two attached hydrogens (primary N) is 1. The summed E-state index contributed by atoms with van der Waals surface area (Å²) >= 11 is 1.44. The van der Waals surface area contributed by atoms with Crippen molar-refractivity contribution in [2.45, 2.75) is 39.2 Å². The van der Waals surface area contributed by atoms with Gasteiger partial charge in [0.25, 0.3) is 0 Å². The zero-order valence-electron chi connectivity index (χ0n) is 10.8. The highest BCUT2D eigenvalue weighted by Gasteiger charge is 2.23. The molecule has 0 spiro atoms. The predicted molar refractivity (Wildman–Crippen MR) is 69.6 cm³/mol. The number of hydrogen-bond donors (Lipinski definition) is 2. The second-order valence-electron chi connectivity index (χ2n) is 4.24. The molecular formula is C11H22N4OS. The van der Waals surface area contributed by atoms with Crippen LogP contribution in [0.25, 0.3) is 0 Å². The van der Waals surface area contributed by atoms with E-state index >= 15 is 0 Å². The molecular weight excluding hydrogens is 236 g/mol. The minimum atomic E-state index is 0.117. The topological polar surface area (TPSA) is 73.1 Å². The normalized spacial score (nSPS) is 14.8. The number of methoxy groups -OCH3 is 1. The highest BCUT2D eigenvalue weighted by Crippen LogP contribution is 2.28. The van der Waals surface area contributed by atoms with Gasteiger partial charge in [0.15, 0.2) is 0 Å². The third-order valence-electron chi connectivity index (χ3n) is 2.88. The summed E-state index contributed by atoms with van der Waals surface area (Å²) < 4.78 is 9.14. The summed E-state index contributed by atoms with van der Waals surface area (Å²) in [6.07, 6.45) is 3.00. The van der Waals surface area contributed by atoms with Crippen molar-refractivity contribution in [3.8, 4) is 0 Å². The van der Waals surface area contributed by atoms with Crippen molar-refractivity contribution in [2.75, 3.05) is 13.7 Å². The fraction of sp³-hybridized carbons (Fsp3) is 0.818. The largest absolute Gasteiger partial charge is 0.385 e. The highest BCUT2D eigenvalue weighted by molar-refractivity contribution is 7.05. The molecule has 0 saturated carbocycles. The Kier molecular flexibility index (Phi) is 6.57. The molecule has 2 unspecified atom stereocenters. The Morgan fingerprint density at radius 2 is 2.29 bits per heavy atom. The fourth-order valence-electron chi connectivity index (χ4n) is 1.83. The van der Waals surface area contributed by atoms with E-state index in [9.17, 15) is 0 Å². The van der Waals surface area contributed by atoms with Crippen molar-refractivity contribution in [1.82, 2.24) is 15.0 Å². The molecule has 5 nitrogen and oxygen atoms in total. The maximum atomic E-state index is 5.66. The maximum Gasteiger partial charge on any atom is 0.0804 e. The van der Waals surface area contributed by atoms with Crippen molar-refractivity contribution in [3.05, 3.63) is 10.6 Å². The second-order valence-corrected chi connectivity index (χ2v) is 5.02. The molecule has 98 valence electrons. The van der Waals surface area contributed by atoms with E-state index in [2.05, 4.69) is 28.9 Å². The van der Waals surface area contributed by atoms with Crippen LogP contribution in [0, 0.1) is 5.92 Å². The SMILES string of the molecule is CCCc1nnsc1C(NN)C(C)CCOC. The van der Waals surface area contributed by atoms with Crippen LogP contribution in [0.15, 0.2) is 0 Å². The molecule has 0 bridgehead atoms. The Balaban J connectivity index is 2.74. The van der Waals surface area contributed by atoms with Gasteiger partial charge < -0.3 is 4.74 Å². The van der Waals surface area contributed by atoms with E-state index in [0.29, 0.717) is 5.92 Å². The number of nitrogens with zero attached hydrogens (tertiary/aromatic N) is 2. The van der Waals surface area contributed by atoms with Gasteiger partial charge in [0.2, 0.25) is 0 Å². The van der Waals surface area contributed by atoms with Gasteiger partial charge in [-0.3, -0.25) is 11.3 Å². The van der Waals surface area contributed by atoms with Gasteiger partial charge >= 0.3 is 0 Å². The van der Waals surface area contributed by atoms with Crippen LogP contribution in [0.1, 0.15) is 43.3 Å². The Hall–Kier alpha value is -0.560. The lowest BCUT2D eigenvalue weighted by Gasteiger charge is -2.22. The van der Waals surface area contributed by atoms with Crippen LogP contribution < -0.4 is 11.3 Å². The van der Waals surface area contributed by atoms with Gasteiger partial charge in [0.05, 0.1) is 16.6 Å². The van der Waals surface area contributed by atoms with Crippen LogP contribution in [0.3, 0.4) is 0 Å². The minimum Gasteiger partial charge on any atom is -0.385 e. The summed E-state index contributed by atoms with van der Waals surface area (Å²) in [5, 5.41) is 4.18. The van der Waals surface area contributed by atoms with Crippen molar-refractivity contribution in [2.24, 2.45) is 11.8 Å². The maximum absolute atomic E-state index is 5.66. The van der Waals surface area contributed by atoms with Gasteiger partial charge in [-0.1, -0.05) is 24.8 Å². The molecule has 0 aliphatic rings. The smallest absolute Gasteiger partial charge is 0.0804 e. The first-order chi connectivity index (χ1) is 8.24. The zero-order valence-corrected chi connectivity index (χ0v) is 11.6. The zero-order chi connectivity index (χ0) is 12.7. The van der Waals surface area contributed by atoms with Crippen LogP contribution in [0.2, 0.25) is 0 Å². The summed E-state index contributed by atoms with van der Waals surface area (Å²) in [5.74, 6) is 6.06. The molecule has 0 radical (unpaired) electrons. The van der Waals surface area contributed by atoms with Crippen molar-refractivity contribution in [1.29, 1.82) is 0 Å². The predicted octanol–water partition coefficient (Wildman–Crippen LogP) is 1.67. The van der Waals surface area contributed by atoms with E-state index < -0.39 is 0 Å². The lowest BCUT2D eigenvalue weighted by Crippen LogP contribution is -2.33. The Morgan fingerprint density at radius 1 is 1.53 bits per heavy atom. The highest BCUT2D eigenvalue weighted by atomic mass is 32.1. The summed E-state index contributed by atoms with van der Waals surface area (Å²) in [7, 11) is 1.72. The van der Waals surface area contributed by atoms with Crippen LogP contribution in [0.4, 0.5) is 0 Å². The number of hydrogen-bond acceptors (Lipinski definition) is 6. The van der Waals surface area contributed by atoms with Gasteiger partial charge in [-0.15, -0.1) is 5.10 Å². The molecule has 2 atom stereocenters. The van der Waals surface area contributed by atoms with E-state index in [-0.39, 0.29) is 6.04 Å². The van der Waals surface area contributed by atoms with Crippen molar-refractivity contribution >= 4 is 11.5 Å². The van der Waals surface area contributed by atoms with Gasteiger partial charge in [0, 0.05) is 13.7 Å². The second kappa shape index (κ2) is 7.71. The van der Waals surface area contributed by atoms with E-state index in [0.717, 1.165) is 36.4 Å². The molecule has 0 aliphatic carbocycles. The molecule has 0 aromatic carbocycles. The van der Waals surface area contributed by atoms with Gasteiger partial charge in [-0.05, 0) is 30.3 Å². The Morgan fingerprint density at radius 3 is 2.88 bits per heavy atom. The third kappa shape index (κ3) is 3.99. The Bertz CT molecular complexity index is 318. The van der Waals surface area contributed by atoms with Gasteiger partial charge in [0.1, 0.15) is 0 Å². The van der Waals surface area contributed by atoms with Crippen LogP contribution in [-0.4, -0.2) is 23.3 Å². The van der Waals surface area contributed by atoms with Crippen molar-refractivity contribution < 1.29 is 4.74 Å². The van der Waals surface area contributed by atoms with E-state index in [4.69, 9.17) is 10.6 Å². The summed E-state index contributed by atoms with van der Waals surface area (Å²) in [6, 6.07) is 0.117. The molecule has 1 aromatic rings. The molecule has 0 amide bonds. The van der Waals surface area contributed by atoms with Crippen LogP contribution >= 0.6 is 11.5 Å². The molecule has 1 rings (SSSR count). The Labute approximate surface area is 107 Å². The van der Waals surface area contributed by atoms with E-state index in [1.807, 2.05) is 0 Å². The first-order valence-electron chi connectivity index (χ1n) is 6.00. The number of rotatable bonds is 8. The number of nitrogens with one attached hydrogen (secondary N) is 1. The van der Waals surface area contributed by atoms with Crippen LogP contribution in [-0.2, 0) is 11.2 Å². The monoisotopic (exact) mass is 258 g/mol. The average molecular weight is 258 g/mol. The standard InChI is InChI=1S/C11H22N4OS/c1-4-5-9-11(17-15-14-9)10(13-12)8(2)6-7-16-3/h8,10,13H,4-7,12H2,1-3H3. The van der Waals surface area contributed by atoms with Crippen molar-refractivity contribution in [3.63, 3.8) is 0 Å². The lowest BCUT2D eigenvalue weighted by molar-refractivity contribution is 0.170. The van der Waals surface area contributed by atoms with E-state index in [1.165, 1.54) is 11.5 Å². The summed E-state index contributed by atoms with van der Waals surface area (Å²) in [6.45, 7) is 5.05. The summed E-state index contributed by atoms with van der Waals surface area (Å²) in [5.41, 5.74) is 3.96. The summed E-state index contributed by atoms with van der Waals surface area (Å²) in [4.78, 5) is 1.16.